The van der Waals surface area contributed by atoms with Gasteiger partial charge in [-0.3, -0.25) is 19.7 Å². The molecule has 1 aromatic heterocycles. The van der Waals surface area contributed by atoms with Crippen LogP contribution in [0.5, 0.6) is 0 Å². The molecule has 78 valence electrons. The molecule has 6 heteroatoms. The lowest BCUT2D eigenvalue weighted by molar-refractivity contribution is -0.135. The van der Waals surface area contributed by atoms with Gasteiger partial charge in [-0.25, -0.2) is 0 Å². The van der Waals surface area contributed by atoms with E-state index in [2.05, 4.69) is 5.32 Å². The maximum atomic E-state index is 11.7. The van der Waals surface area contributed by atoms with Gasteiger partial charge in [0.15, 0.2) is 5.76 Å². The summed E-state index contributed by atoms with van der Waals surface area (Å²) >= 11 is 0. The van der Waals surface area contributed by atoms with Gasteiger partial charge in [0.25, 0.3) is 5.91 Å². The topological polar surface area (TPSA) is 79.6 Å². The summed E-state index contributed by atoms with van der Waals surface area (Å²) in [6.07, 6.45) is 1.36. The van der Waals surface area contributed by atoms with Gasteiger partial charge in [-0.15, -0.1) is 0 Å². The first-order valence-corrected chi connectivity index (χ1v) is 4.32. The third kappa shape index (κ3) is 1.88. The molecule has 3 amide bonds. The highest BCUT2D eigenvalue weighted by atomic mass is 16.3. The van der Waals surface area contributed by atoms with Crippen molar-refractivity contribution < 1.29 is 18.8 Å². The summed E-state index contributed by atoms with van der Waals surface area (Å²) in [5.41, 5.74) is 0. The van der Waals surface area contributed by atoms with Gasteiger partial charge in [-0.1, -0.05) is 0 Å². The predicted molar refractivity (Wildman–Crippen MR) is 47.8 cm³/mol. The molecule has 2 heterocycles. The molecule has 0 aliphatic carbocycles. The zero-order valence-electron chi connectivity index (χ0n) is 7.73. The largest absolute Gasteiger partial charge is 0.459 e. The average Bonchev–Trinajstić information content (AvgIpc) is 2.67. The highest BCUT2D eigenvalue weighted by Gasteiger charge is 2.28. The van der Waals surface area contributed by atoms with Crippen molar-refractivity contribution in [1.29, 1.82) is 0 Å². The first-order valence-electron chi connectivity index (χ1n) is 4.32. The Kier molecular flexibility index (Phi) is 2.24. The van der Waals surface area contributed by atoms with E-state index in [-0.39, 0.29) is 18.8 Å². The summed E-state index contributed by atoms with van der Waals surface area (Å²) in [6.45, 7) is -0.240. The lowest BCUT2D eigenvalue weighted by atomic mass is 10.3. The van der Waals surface area contributed by atoms with Crippen LogP contribution in [0.1, 0.15) is 10.6 Å². The van der Waals surface area contributed by atoms with Crippen LogP contribution in [-0.4, -0.2) is 35.7 Å². The number of hydrogen-bond donors (Lipinski definition) is 1. The molecule has 2 rings (SSSR count). The first-order chi connectivity index (χ1) is 7.16. The molecule has 1 fully saturated rings. The van der Waals surface area contributed by atoms with Gasteiger partial charge in [0.2, 0.25) is 11.8 Å². The van der Waals surface area contributed by atoms with Gasteiger partial charge in [0.1, 0.15) is 13.1 Å². The Morgan fingerprint density at radius 3 is 2.53 bits per heavy atom. The summed E-state index contributed by atoms with van der Waals surface area (Å²) in [5.74, 6) is -1.29. The summed E-state index contributed by atoms with van der Waals surface area (Å²) in [5, 5.41) is 2.11. The molecule has 0 aromatic carbocycles. The Morgan fingerprint density at radius 2 is 2.00 bits per heavy atom. The molecule has 1 N–H and O–H groups in total. The number of carbonyl (C=O) groups is 3. The highest BCUT2D eigenvalue weighted by molar-refractivity contribution is 6.04. The summed E-state index contributed by atoms with van der Waals surface area (Å²) in [6, 6.07) is 3.05. The molecule has 0 atom stereocenters. The lowest BCUT2D eigenvalue weighted by Gasteiger charge is -2.24. The van der Waals surface area contributed by atoms with Crippen LogP contribution in [0.4, 0.5) is 0 Å². The molecule has 0 saturated carbocycles. The van der Waals surface area contributed by atoms with E-state index in [9.17, 15) is 14.4 Å². The number of nitrogens with one attached hydrogen (secondary N) is 1. The smallest absolute Gasteiger partial charge is 0.290 e. The van der Waals surface area contributed by atoms with Crippen molar-refractivity contribution in [3.8, 4) is 0 Å². The van der Waals surface area contributed by atoms with Crippen molar-refractivity contribution in [2.24, 2.45) is 0 Å². The first kappa shape index (κ1) is 9.45. The van der Waals surface area contributed by atoms with Gasteiger partial charge in [-0.05, 0) is 12.1 Å². The molecule has 0 unspecified atom stereocenters. The maximum Gasteiger partial charge on any atom is 0.290 e. The van der Waals surface area contributed by atoms with Gasteiger partial charge in [0, 0.05) is 0 Å². The van der Waals surface area contributed by atoms with E-state index in [1.165, 1.54) is 12.3 Å². The van der Waals surface area contributed by atoms with Gasteiger partial charge in [0.05, 0.1) is 6.26 Å². The fraction of sp³-hybridized carbons (Fsp3) is 0.222. The zero-order valence-corrected chi connectivity index (χ0v) is 7.73. The second kappa shape index (κ2) is 3.56. The van der Waals surface area contributed by atoms with Crippen LogP contribution >= 0.6 is 0 Å². The quantitative estimate of drug-likeness (QED) is 0.623. The molecule has 0 bridgehead atoms. The van der Waals surface area contributed by atoms with Crippen LogP contribution in [0.2, 0.25) is 0 Å². The van der Waals surface area contributed by atoms with E-state index in [1.54, 1.807) is 6.07 Å². The van der Waals surface area contributed by atoms with Gasteiger partial charge < -0.3 is 9.32 Å². The number of piperazine rings is 1. The molecule has 6 nitrogen and oxygen atoms in total. The molecule has 15 heavy (non-hydrogen) atoms. The number of hydrogen-bond acceptors (Lipinski definition) is 4. The molecule has 1 aliphatic heterocycles. The normalized spacial score (nSPS) is 16.4. The lowest BCUT2D eigenvalue weighted by Crippen LogP contribution is -2.53. The van der Waals surface area contributed by atoms with Crippen molar-refractivity contribution in [1.82, 2.24) is 10.2 Å². The molecule has 0 spiro atoms. The standard InChI is InChI=1S/C9H8N2O4/c12-7-4-11(5-8(13)10-7)9(14)6-2-1-3-15-6/h1-3H,4-5H2,(H,10,12,13). The van der Waals surface area contributed by atoms with Crippen molar-refractivity contribution in [3.05, 3.63) is 24.2 Å². The third-order valence-corrected chi connectivity index (χ3v) is 1.97. The summed E-state index contributed by atoms with van der Waals surface area (Å²) < 4.78 is 4.88. The predicted octanol–water partition coefficient (Wildman–Crippen LogP) is -0.622. The SMILES string of the molecule is O=C1CN(C(=O)c2ccco2)CC(=O)N1. The van der Waals surface area contributed by atoms with Gasteiger partial charge >= 0.3 is 0 Å². The fourth-order valence-electron chi connectivity index (χ4n) is 1.34. The van der Waals surface area contributed by atoms with E-state index < -0.39 is 17.7 Å². The fourth-order valence-corrected chi connectivity index (χ4v) is 1.34. The monoisotopic (exact) mass is 208 g/mol. The van der Waals surface area contributed by atoms with Crippen molar-refractivity contribution in [2.75, 3.05) is 13.1 Å². The van der Waals surface area contributed by atoms with Crippen molar-refractivity contribution in [3.63, 3.8) is 0 Å². The van der Waals surface area contributed by atoms with Crippen LogP contribution in [-0.2, 0) is 9.59 Å². The summed E-state index contributed by atoms with van der Waals surface area (Å²) in [4.78, 5) is 34.8. The minimum atomic E-state index is -0.480. The molecule has 1 aliphatic rings. The minimum absolute atomic E-state index is 0.120. The van der Waals surface area contributed by atoms with E-state index in [1.807, 2.05) is 0 Å². The Morgan fingerprint density at radius 1 is 1.33 bits per heavy atom. The van der Waals surface area contributed by atoms with Crippen LogP contribution < -0.4 is 5.32 Å². The van der Waals surface area contributed by atoms with E-state index in [0.29, 0.717) is 0 Å². The average molecular weight is 208 g/mol. The number of amides is 3. The number of nitrogens with zero attached hydrogens (tertiary/aromatic N) is 1. The second-order valence-electron chi connectivity index (χ2n) is 3.11. The van der Waals surface area contributed by atoms with Gasteiger partial charge in [-0.2, -0.15) is 0 Å². The molecule has 1 aromatic rings. The second-order valence-corrected chi connectivity index (χ2v) is 3.11. The number of furan rings is 1. The zero-order chi connectivity index (χ0) is 10.8. The Bertz CT molecular complexity index is 394. The Labute approximate surface area is 84.8 Å². The van der Waals surface area contributed by atoms with Crippen molar-refractivity contribution >= 4 is 17.7 Å². The maximum absolute atomic E-state index is 11.7. The Balaban J connectivity index is 2.14. The molecule has 0 radical (unpaired) electrons. The van der Waals surface area contributed by atoms with Crippen LogP contribution in [0.3, 0.4) is 0 Å². The summed E-state index contributed by atoms with van der Waals surface area (Å²) in [7, 11) is 0. The van der Waals surface area contributed by atoms with E-state index in [4.69, 9.17) is 4.42 Å². The van der Waals surface area contributed by atoms with Crippen LogP contribution in [0, 0.1) is 0 Å². The van der Waals surface area contributed by atoms with Crippen LogP contribution in [0.15, 0.2) is 22.8 Å². The molecule has 1 saturated heterocycles. The molecular weight excluding hydrogens is 200 g/mol. The van der Waals surface area contributed by atoms with E-state index in [0.717, 1.165) is 4.90 Å². The third-order valence-electron chi connectivity index (χ3n) is 1.97. The Hall–Kier alpha value is -2.11. The molecular formula is C9H8N2O4. The minimum Gasteiger partial charge on any atom is -0.459 e. The van der Waals surface area contributed by atoms with Crippen LogP contribution in [0.25, 0.3) is 0 Å². The number of carbonyl (C=O) groups excluding carboxylic acids is 3. The highest BCUT2D eigenvalue weighted by Crippen LogP contribution is 2.06. The number of rotatable bonds is 1. The number of imide groups is 1. The van der Waals surface area contributed by atoms with E-state index >= 15 is 0 Å². The van der Waals surface area contributed by atoms with Crippen molar-refractivity contribution in [2.45, 2.75) is 0 Å².